The molecular weight excluding hydrogens is 368 g/mol. The van der Waals surface area contributed by atoms with E-state index < -0.39 is 11.7 Å². The summed E-state index contributed by atoms with van der Waals surface area (Å²) < 4.78 is 56.4. The standard InChI is InChI=1S/C22H20F4N2/c23-18-8-3-7-16(14-18)21-20-10-4-11-27(20)12-5-13-28(21)15-17-6-1-2-9-19(17)22(24,25)26/h1-4,6-11,14,21H,5,12-13,15H2/t21-/m1/s1. The summed E-state index contributed by atoms with van der Waals surface area (Å²) in [5, 5.41) is 0. The van der Waals surface area contributed by atoms with Gasteiger partial charge in [-0.15, -0.1) is 0 Å². The molecule has 2 aromatic carbocycles. The number of fused-ring (bicyclic) bond motifs is 1. The zero-order chi connectivity index (χ0) is 19.7. The lowest BCUT2D eigenvalue weighted by atomic mass is 9.99. The van der Waals surface area contributed by atoms with Gasteiger partial charge in [0.15, 0.2) is 0 Å². The van der Waals surface area contributed by atoms with Crippen LogP contribution in [-0.4, -0.2) is 16.0 Å². The van der Waals surface area contributed by atoms with Crippen molar-refractivity contribution in [3.63, 3.8) is 0 Å². The van der Waals surface area contributed by atoms with Crippen LogP contribution < -0.4 is 0 Å². The van der Waals surface area contributed by atoms with Crippen molar-refractivity contribution in [1.82, 2.24) is 9.47 Å². The number of aromatic nitrogens is 1. The first-order valence-corrected chi connectivity index (χ1v) is 9.23. The van der Waals surface area contributed by atoms with Crippen molar-refractivity contribution in [2.24, 2.45) is 0 Å². The average Bonchev–Trinajstić information content (AvgIpc) is 3.03. The second-order valence-electron chi connectivity index (χ2n) is 7.06. The molecule has 0 saturated carbocycles. The summed E-state index contributed by atoms with van der Waals surface area (Å²) in [6.07, 6.45) is -1.63. The Kier molecular flexibility index (Phi) is 4.98. The lowest BCUT2D eigenvalue weighted by Crippen LogP contribution is -2.30. The van der Waals surface area contributed by atoms with Crippen LogP contribution in [-0.2, 0) is 19.3 Å². The number of alkyl halides is 3. The van der Waals surface area contributed by atoms with Crippen LogP contribution in [0.2, 0.25) is 0 Å². The Labute approximate surface area is 161 Å². The Balaban J connectivity index is 1.77. The Morgan fingerprint density at radius 2 is 1.75 bits per heavy atom. The first-order valence-electron chi connectivity index (χ1n) is 9.23. The molecule has 0 aliphatic carbocycles. The molecule has 1 aliphatic heterocycles. The van der Waals surface area contributed by atoms with Gasteiger partial charge in [-0.3, -0.25) is 4.90 Å². The Bertz CT molecular complexity index is 961. The van der Waals surface area contributed by atoms with Crippen LogP contribution in [0.15, 0.2) is 66.9 Å². The van der Waals surface area contributed by atoms with Crippen LogP contribution >= 0.6 is 0 Å². The largest absolute Gasteiger partial charge is 0.416 e. The van der Waals surface area contributed by atoms with E-state index in [2.05, 4.69) is 4.57 Å². The number of rotatable bonds is 3. The highest BCUT2D eigenvalue weighted by atomic mass is 19.4. The number of halogens is 4. The quantitative estimate of drug-likeness (QED) is 0.527. The summed E-state index contributed by atoms with van der Waals surface area (Å²) in [6.45, 7) is 1.54. The summed E-state index contributed by atoms with van der Waals surface area (Å²) in [6, 6.07) is 15.6. The monoisotopic (exact) mass is 388 g/mol. The highest BCUT2D eigenvalue weighted by Gasteiger charge is 2.35. The first kappa shape index (κ1) is 18.7. The molecular formula is C22H20F4N2. The van der Waals surface area contributed by atoms with Crippen molar-refractivity contribution in [3.8, 4) is 0 Å². The predicted molar refractivity (Wildman–Crippen MR) is 99.1 cm³/mol. The third kappa shape index (κ3) is 3.69. The zero-order valence-corrected chi connectivity index (χ0v) is 15.2. The number of nitrogens with zero attached hydrogens (tertiary/aromatic N) is 2. The molecule has 4 rings (SSSR count). The molecule has 0 fully saturated rings. The van der Waals surface area contributed by atoms with Crippen molar-refractivity contribution in [2.45, 2.75) is 31.7 Å². The number of hydrogen-bond donors (Lipinski definition) is 0. The molecule has 1 aliphatic rings. The van der Waals surface area contributed by atoms with Crippen molar-refractivity contribution >= 4 is 0 Å². The third-order valence-electron chi connectivity index (χ3n) is 5.21. The number of aryl methyl sites for hydroxylation is 1. The van der Waals surface area contributed by atoms with Crippen molar-refractivity contribution in [1.29, 1.82) is 0 Å². The second kappa shape index (κ2) is 7.43. The summed E-state index contributed by atoms with van der Waals surface area (Å²) in [5.74, 6) is -0.351. The molecule has 0 amide bonds. The van der Waals surface area contributed by atoms with Gasteiger partial charge in [0.2, 0.25) is 0 Å². The number of benzene rings is 2. The molecule has 0 spiro atoms. The highest BCUT2D eigenvalue weighted by Crippen LogP contribution is 2.36. The molecule has 6 heteroatoms. The molecule has 0 saturated heterocycles. The summed E-state index contributed by atoms with van der Waals surface area (Å²) in [4.78, 5) is 2.01. The van der Waals surface area contributed by atoms with E-state index in [1.54, 1.807) is 12.1 Å². The maximum atomic E-state index is 13.9. The van der Waals surface area contributed by atoms with Gasteiger partial charge in [0.25, 0.3) is 0 Å². The lowest BCUT2D eigenvalue weighted by Gasteiger charge is -2.31. The van der Waals surface area contributed by atoms with Gasteiger partial charge in [-0.25, -0.2) is 4.39 Å². The van der Waals surface area contributed by atoms with E-state index in [9.17, 15) is 17.6 Å². The molecule has 146 valence electrons. The molecule has 0 bridgehead atoms. The lowest BCUT2D eigenvalue weighted by molar-refractivity contribution is -0.138. The van der Waals surface area contributed by atoms with Crippen molar-refractivity contribution in [2.75, 3.05) is 6.54 Å². The van der Waals surface area contributed by atoms with Crippen LogP contribution in [0.4, 0.5) is 17.6 Å². The van der Waals surface area contributed by atoms with Crippen LogP contribution in [0, 0.1) is 5.82 Å². The van der Waals surface area contributed by atoms with Crippen LogP contribution in [0.25, 0.3) is 0 Å². The van der Waals surface area contributed by atoms with Gasteiger partial charge in [-0.2, -0.15) is 13.2 Å². The molecule has 1 atom stereocenters. The molecule has 28 heavy (non-hydrogen) atoms. The van der Waals surface area contributed by atoms with E-state index in [1.807, 2.05) is 29.3 Å². The van der Waals surface area contributed by atoms with E-state index in [0.717, 1.165) is 30.3 Å². The normalized spacial score (nSPS) is 17.9. The molecule has 3 aromatic rings. The minimum absolute atomic E-state index is 0.141. The van der Waals surface area contributed by atoms with Gasteiger partial charge < -0.3 is 4.57 Å². The topological polar surface area (TPSA) is 8.17 Å². The SMILES string of the molecule is Fc1cccc([C@@H]2c3cccn3CCCN2Cc2ccccc2C(F)(F)F)c1. The zero-order valence-electron chi connectivity index (χ0n) is 15.2. The van der Waals surface area contributed by atoms with E-state index in [-0.39, 0.29) is 24.0 Å². The fourth-order valence-corrected chi connectivity index (χ4v) is 4.02. The smallest absolute Gasteiger partial charge is 0.350 e. The summed E-state index contributed by atoms with van der Waals surface area (Å²) in [7, 11) is 0. The second-order valence-corrected chi connectivity index (χ2v) is 7.06. The van der Waals surface area contributed by atoms with Gasteiger partial charge in [-0.05, 0) is 47.9 Å². The van der Waals surface area contributed by atoms with Crippen LogP contribution in [0.3, 0.4) is 0 Å². The number of hydrogen-bond acceptors (Lipinski definition) is 1. The van der Waals surface area contributed by atoms with Gasteiger partial charge in [-0.1, -0.05) is 30.3 Å². The Morgan fingerprint density at radius 1 is 0.929 bits per heavy atom. The maximum absolute atomic E-state index is 13.9. The maximum Gasteiger partial charge on any atom is 0.416 e. The van der Waals surface area contributed by atoms with Gasteiger partial charge >= 0.3 is 6.18 Å². The predicted octanol–water partition coefficient (Wildman–Crippen LogP) is 5.64. The van der Waals surface area contributed by atoms with E-state index >= 15 is 0 Å². The fraction of sp³-hybridized carbons (Fsp3) is 0.273. The Morgan fingerprint density at radius 3 is 2.54 bits per heavy atom. The molecule has 2 heterocycles. The minimum Gasteiger partial charge on any atom is -0.350 e. The van der Waals surface area contributed by atoms with Crippen LogP contribution in [0.1, 0.15) is 34.8 Å². The molecule has 0 unspecified atom stereocenters. The van der Waals surface area contributed by atoms with Gasteiger partial charge in [0, 0.05) is 31.5 Å². The van der Waals surface area contributed by atoms with Gasteiger partial charge in [0.05, 0.1) is 11.6 Å². The molecule has 2 nitrogen and oxygen atoms in total. The summed E-state index contributed by atoms with van der Waals surface area (Å²) >= 11 is 0. The first-order chi connectivity index (χ1) is 13.4. The van der Waals surface area contributed by atoms with E-state index in [4.69, 9.17) is 0 Å². The molecule has 0 N–H and O–H groups in total. The third-order valence-corrected chi connectivity index (χ3v) is 5.21. The van der Waals surface area contributed by atoms with Gasteiger partial charge in [0.1, 0.15) is 5.82 Å². The van der Waals surface area contributed by atoms with E-state index in [0.29, 0.717) is 6.54 Å². The minimum atomic E-state index is -4.41. The Hall–Kier alpha value is -2.60. The fourth-order valence-electron chi connectivity index (χ4n) is 4.02. The van der Waals surface area contributed by atoms with Crippen LogP contribution in [0.5, 0.6) is 0 Å². The van der Waals surface area contributed by atoms with Crippen molar-refractivity contribution < 1.29 is 17.6 Å². The van der Waals surface area contributed by atoms with E-state index in [1.165, 1.54) is 24.3 Å². The summed E-state index contributed by atoms with van der Waals surface area (Å²) in [5.41, 5.74) is 1.32. The highest BCUT2D eigenvalue weighted by molar-refractivity contribution is 5.33. The molecule has 0 radical (unpaired) electrons. The average molecular weight is 388 g/mol. The van der Waals surface area contributed by atoms with Crippen molar-refractivity contribution in [3.05, 3.63) is 95.1 Å². The molecule has 1 aromatic heterocycles.